The third-order valence-electron chi connectivity index (χ3n) is 3.08. The zero-order valence-corrected chi connectivity index (χ0v) is 13.6. The van der Waals surface area contributed by atoms with Gasteiger partial charge < -0.3 is 5.32 Å². The van der Waals surface area contributed by atoms with Crippen molar-refractivity contribution >= 4 is 33.2 Å². The van der Waals surface area contributed by atoms with E-state index in [0.29, 0.717) is 6.54 Å². The first kappa shape index (κ1) is 14.4. The van der Waals surface area contributed by atoms with Gasteiger partial charge in [0.1, 0.15) is 0 Å². The van der Waals surface area contributed by atoms with Gasteiger partial charge in [-0.2, -0.15) is 5.10 Å². The van der Waals surface area contributed by atoms with E-state index in [1.807, 2.05) is 36.7 Å². The lowest BCUT2D eigenvalue weighted by Gasteiger charge is -2.10. The van der Waals surface area contributed by atoms with Crippen molar-refractivity contribution < 1.29 is 0 Å². The zero-order chi connectivity index (χ0) is 14.0. The van der Waals surface area contributed by atoms with Crippen molar-refractivity contribution in [3.63, 3.8) is 0 Å². The summed E-state index contributed by atoms with van der Waals surface area (Å²) in [6.07, 6.45) is 0. The lowest BCUT2D eigenvalue weighted by molar-refractivity contribution is 0.622. The Kier molecular flexibility index (Phi) is 4.53. The molecule has 0 fully saturated rings. The molecule has 102 valence electrons. The van der Waals surface area contributed by atoms with Gasteiger partial charge in [0.15, 0.2) is 0 Å². The molecule has 0 amide bonds. The highest BCUT2D eigenvalue weighted by atomic mass is 79.9. The molecule has 1 aromatic heterocycles. The molecule has 1 heterocycles. The fourth-order valence-corrected chi connectivity index (χ4v) is 2.53. The summed E-state index contributed by atoms with van der Waals surface area (Å²) in [6.45, 7) is 7.67. The van der Waals surface area contributed by atoms with Crippen LogP contribution in [0.5, 0.6) is 0 Å². The van der Waals surface area contributed by atoms with E-state index in [2.05, 4.69) is 33.3 Å². The highest BCUT2D eigenvalue weighted by molar-refractivity contribution is 9.10. The van der Waals surface area contributed by atoms with Gasteiger partial charge in [-0.3, -0.25) is 4.68 Å². The third kappa shape index (κ3) is 3.12. The van der Waals surface area contributed by atoms with Crippen LogP contribution >= 0.6 is 27.5 Å². The zero-order valence-electron chi connectivity index (χ0n) is 11.3. The number of aryl methyl sites for hydroxylation is 3. The van der Waals surface area contributed by atoms with E-state index in [9.17, 15) is 0 Å². The average molecular weight is 343 g/mol. The largest absolute Gasteiger partial charge is 0.379 e. The normalized spacial score (nSPS) is 10.8. The predicted molar refractivity (Wildman–Crippen MR) is 83.9 cm³/mol. The van der Waals surface area contributed by atoms with Crippen LogP contribution in [0.3, 0.4) is 0 Å². The monoisotopic (exact) mass is 341 g/mol. The van der Waals surface area contributed by atoms with Crippen LogP contribution in [0.15, 0.2) is 22.7 Å². The molecule has 0 atom stereocenters. The summed E-state index contributed by atoms with van der Waals surface area (Å²) in [5.74, 6) is 0. The fraction of sp³-hybridized carbons (Fsp3) is 0.357. The Labute approximate surface area is 127 Å². The van der Waals surface area contributed by atoms with E-state index in [1.165, 1.54) is 0 Å². The maximum atomic E-state index is 6.12. The van der Waals surface area contributed by atoms with Gasteiger partial charge in [-0.1, -0.05) is 17.7 Å². The van der Waals surface area contributed by atoms with Gasteiger partial charge in [-0.15, -0.1) is 0 Å². The van der Waals surface area contributed by atoms with Crippen LogP contribution in [0.2, 0.25) is 5.02 Å². The first-order chi connectivity index (χ1) is 9.02. The van der Waals surface area contributed by atoms with Crippen LogP contribution in [0.1, 0.15) is 23.9 Å². The molecule has 0 saturated heterocycles. The number of aromatic nitrogens is 2. The molecule has 5 heteroatoms. The number of rotatable bonds is 4. The van der Waals surface area contributed by atoms with Gasteiger partial charge in [-0.05, 0) is 54.4 Å². The maximum Gasteiger partial charge on any atom is 0.0739 e. The third-order valence-corrected chi connectivity index (χ3v) is 4.52. The maximum absolute atomic E-state index is 6.12. The van der Waals surface area contributed by atoms with E-state index in [-0.39, 0.29) is 0 Å². The van der Waals surface area contributed by atoms with Crippen LogP contribution in [0.25, 0.3) is 0 Å². The molecule has 2 aromatic rings. The molecule has 3 nitrogen and oxygen atoms in total. The Morgan fingerprint density at radius 3 is 2.74 bits per heavy atom. The number of hydrogen-bond acceptors (Lipinski definition) is 2. The molecule has 1 aromatic carbocycles. The molecule has 1 N–H and O–H groups in total. The van der Waals surface area contributed by atoms with Gasteiger partial charge in [0, 0.05) is 17.3 Å². The summed E-state index contributed by atoms with van der Waals surface area (Å²) in [6, 6.07) is 6.00. The van der Waals surface area contributed by atoms with Crippen LogP contribution in [-0.4, -0.2) is 9.78 Å². The molecule has 19 heavy (non-hydrogen) atoms. The van der Waals surface area contributed by atoms with E-state index >= 15 is 0 Å². The Bertz CT molecular complexity index is 593. The minimum atomic E-state index is 0.717. The summed E-state index contributed by atoms with van der Waals surface area (Å²) in [7, 11) is 0. The minimum absolute atomic E-state index is 0.717. The molecule has 0 unspecified atom stereocenters. The van der Waals surface area contributed by atoms with Crippen molar-refractivity contribution in [3.05, 3.63) is 44.6 Å². The van der Waals surface area contributed by atoms with E-state index in [4.69, 9.17) is 11.6 Å². The molecule has 0 aliphatic heterocycles. The number of hydrogen-bond donors (Lipinski definition) is 1. The number of anilines is 1. The van der Waals surface area contributed by atoms with E-state index < -0.39 is 0 Å². The van der Waals surface area contributed by atoms with Gasteiger partial charge in [-0.25, -0.2) is 0 Å². The summed E-state index contributed by atoms with van der Waals surface area (Å²) in [4.78, 5) is 0. The van der Waals surface area contributed by atoms with E-state index in [1.54, 1.807) is 0 Å². The quantitative estimate of drug-likeness (QED) is 0.883. The summed E-state index contributed by atoms with van der Waals surface area (Å²) < 4.78 is 3.07. The summed E-state index contributed by atoms with van der Waals surface area (Å²) >= 11 is 9.71. The lowest BCUT2D eigenvalue weighted by Crippen LogP contribution is -2.08. The second-order valence-corrected chi connectivity index (χ2v) is 5.68. The standard InChI is InChI=1S/C14H17BrClN3/c1-4-19-13(14(15)10(3)18-19)8-17-11-6-5-9(2)12(16)7-11/h5-7,17H,4,8H2,1-3H3. The van der Waals surface area contributed by atoms with Crippen LogP contribution in [-0.2, 0) is 13.1 Å². The second-order valence-electron chi connectivity index (χ2n) is 4.48. The van der Waals surface area contributed by atoms with Crippen LogP contribution in [0.4, 0.5) is 5.69 Å². The van der Waals surface area contributed by atoms with Gasteiger partial charge in [0.25, 0.3) is 0 Å². The average Bonchev–Trinajstić information content (AvgIpc) is 2.67. The first-order valence-corrected chi connectivity index (χ1v) is 7.41. The van der Waals surface area contributed by atoms with Crippen molar-refractivity contribution in [2.24, 2.45) is 0 Å². The minimum Gasteiger partial charge on any atom is -0.379 e. The molecule has 0 aliphatic carbocycles. The van der Waals surface area contributed by atoms with Crippen molar-refractivity contribution in [2.75, 3.05) is 5.32 Å². The van der Waals surface area contributed by atoms with Crippen molar-refractivity contribution in [1.82, 2.24) is 9.78 Å². The van der Waals surface area contributed by atoms with Gasteiger partial charge in [0.2, 0.25) is 0 Å². The summed E-state index contributed by atoms with van der Waals surface area (Å²) in [5, 5.41) is 8.64. The molecule has 2 rings (SSSR count). The van der Waals surface area contributed by atoms with Gasteiger partial charge in [0.05, 0.1) is 22.4 Å². The number of nitrogens with zero attached hydrogens (tertiary/aromatic N) is 2. The Morgan fingerprint density at radius 2 is 2.11 bits per heavy atom. The van der Waals surface area contributed by atoms with Crippen molar-refractivity contribution in [1.29, 1.82) is 0 Å². The molecule has 0 radical (unpaired) electrons. The molecule has 0 bridgehead atoms. The molecular formula is C14H17BrClN3. The van der Waals surface area contributed by atoms with E-state index in [0.717, 1.165) is 38.7 Å². The molecule has 0 aliphatic rings. The fourth-order valence-electron chi connectivity index (χ4n) is 1.93. The smallest absolute Gasteiger partial charge is 0.0739 e. The van der Waals surface area contributed by atoms with Gasteiger partial charge >= 0.3 is 0 Å². The van der Waals surface area contributed by atoms with Crippen molar-refractivity contribution in [3.8, 4) is 0 Å². The Morgan fingerprint density at radius 1 is 1.37 bits per heavy atom. The van der Waals surface area contributed by atoms with Crippen LogP contribution in [0, 0.1) is 13.8 Å². The lowest BCUT2D eigenvalue weighted by atomic mass is 10.2. The Balaban J connectivity index is 2.16. The Hall–Kier alpha value is -1.00. The number of benzene rings is 1. The highest BCUT2D eigenvalue weighted by Gasteiger charge is 2.11. The second kappa shape index (κ2) is 5.97. The predicted octanol–water partition coefficient (Wildman–Crippen LogP) is 4.55. The summed E-state index contributed by atoms with van der Waals surface area (Å²) in [5.41, 5.74) is 4.27. The SMILES string of the molecule is CCn1nc(C)c(Br)c1CNc1ccc(C)c(Cl)c1. The molecule has 0 spiro atoms. The highest BCUT2D eigenvalue weighted by Crippen LogP contribution is 2.24. The molecule has 0 saturated carbocycles. The first-order valence-electron chi connectivity index (χ1n) is 6.24. The number of halogens is 2. The number of nitrogens with one attached hydrogen (secondary N) is 1. The molecular weight excluding hydrogens is 326 g/mol. The van der Waals surface area contributed by atoms with Crippen molar-refractivity contribution in [2.45, 2.75) is 33.9 Å². The van der Waals surface area contributed by atoms with Crippen LogP contribution < -0.4 is 5.32 Å². The topological polar surface area (TPSA) is 29.9 Å².